The van der Waals surface area contributed by atoms with E-state index >= 15 is 0 Å². The summed E-state index contributed by atoms with van der Waals surface area (Å²) in [4.78, 5) is 15.3. The zero-order valence-corrected chi connectivity index (χ0v) is 36.1. The summed E-state index contributed by atoms with van der Waals surface area (Å²) in [5.41, 5.74) is 21.7. The number of rotatable bonds is 6. The lowest BCUT2D eigenvalue weighted by molar-refractivity contribution is 0.661. The Morgan fingerprint density at radius 2 is 0.954 bits per heavy atom. The van der Waals surface area contributed by atoms with Crippen LogP contribution < -0.4 is 0 Å². The molecule has 0 aliphatic heterocycles. The lowest BCUT2D eigenvalue weighted by Gasteiger charge is -2.21. The maximum atomic E-state index is 5.16. The molecular weight excluding hydrogens is 789 g/mol. The molecule has 2 aliphatic carbocycles. The Bertz CT molecular complexity index is 3640. The van der Waals surface area contributed by atoms with Gasteiger partial charge < -0.3 is 4.57 Å². The topological polar surface area (TPSA) is 43.6 Å². The summed E-state index contributed by atoms with van der Waals surface area (Å²) in [6, 6.07) is 74.5. The summed E-state index contributed by atoms with van der Waals surface area (Å²) in [5.74, 6) is 1.96. The molecule has 2 aromatic heterocycles. The minimum Gasteiger partial charge on any atom is -0.309 e. The van der Waals surface area contributed by atoms with Crippen LogP contribution in [0.15, 0.2) is 206 Å². The van der Waals surface area contributed by atoms with Gasteiger partial charge in [0.05, 0.1) is 11.0 Å². The predicted molar refractivity (Wildman–Crippen MR) is 267 cm³/mol. The van der Waals surface area contributed by atoms with Crippen LogP contribution in [0.2, 0.25) is 0 Å². The van der Waals surface area contributed by atoms with Crippen LogP contribution in [-0.4, -0.2) is 19.5 Å². The molecule has 0 saturated carbocycles. The molecule has 0 N–H and O–H groups in total. The number of para-hydroxylation sites is 1. The molecule has 0 unspecified atom stereocenters. The first-order valence-corrected chi connectivity index (χ1v) is 22.5. The average Bonchev–Trinajstić information content (AvgIpc) is 3.98. The largest absolute Gasteiger partial charge is 0.309 e. The van der Waals surface area contributed by atoms with Crippen LogP contribution in [-0.2, 0) is 11.8 Å². The van der Waals surface area contributed by atoms with E-state index in [4.69, 9.17) is 15.0 Å². The lowest BCUT2D eigenvalue weighted by atomic mass is 9.82. The van der Waals surface area contributed by atoms with Gasteiger partial charge in [-0.3, -0.25) is 0 Å². The molecule has 4 heteroatoms. The van der Waals surface area contributed by atoms with E-state index in [0.29, 0.717) is 17.5 Å². The Morgan fingerprint density at radius 1 is 0.369 bits per heavy atom. The van der Waals surface area contributed by atoms with Crippen molar-refractivity contribution in [1.82, 2.24) is 19.5 Å². The van der Waals surface area contributed by atoms with Crippen LogP contribution in [0.4, 0.5) is 0 Å². The fourth-order valence-corrected chi connectivity index (χ4v) is 10.7. The number of hydrogen-bond acceptors (Lipinski definition) is 3. The van der Waals surface area contributed by atoms with E-state index in [9.17, 15) is 0 Å². The molecule has 2 aliphatic rings. The van der Waals surface area contributed by atoms with Crippen LogP contribution in [0.25, 0.3) is 106 Å². The molecule has 0 fully saturated rings. The van der Waals surface area contributed by atoms with Gasteiger partial charge in [-0.05, 0) is 116 Å². The Kier molecular flexibility index (Phi) is 8.28. The van der Waals surface area contributed by atoms with Gasteiger partial charge in [-0.1, -0.05) is 178 Å². The number of aromatic nitrogens is 4. The molecule has 0 bridgehead atoms. The normalized spacial score (nSPS) is 13.1. The quantitative estimate of drug-likeness (QED) is 0.168. The molecule has 9 aromatic carbocycles. The highest BCUT2D eigenvalue weighted by Gasteiger charge is 2.36. The van der Waals surface area contributed by atoms with E-state index in [0.717, 1.165) is 28.7 Å². The minimum atomic E-state index is -0.0924. The Balaban J connectivity index is 0.962. The molecule has 65 heavy (non-hydrogen) atoms. The van der Waals surface area contributed by atoms with Crippen LogP contribution in [0, 0.1) is 0 Å². The van der Waals surface area contributed by atoms with Gasteiger partial charge >= 0.3 is 0 Å². The second-order valence-corrected chi connectivity index (χ2v) is 18.0. The Hall–Kier alpha value is -8.21. The summed E-state index contributed by atoms with van der Waals surface area (Å²) in [7, 11) is 0. The molecule has 2 heterocycles. The zero-order chi connectivity index (χ0) is 43.2. The van der Waals surface area contributed by atoms with Gasteiger partial charge in [0.15, 0.2) is 17.5 Å². The standard InChI is InChI=1S/C61H42N4/c1-61(2)53-28-15-14-25-46(53)50-36-52-51-35-41(31-32-55(51)65(56(52)37-54(50)61)44-22-10-5-11-23-44)40-29-30-42-33-43-21-16-27-47(57(43)49(42)34-40)45-24-12-13-26-48(45)60-63-58(38-17-6-3-7-18-38)62-59(64-60)39-19-8-4-9-20-39/h3-32,34-37H,33H2,1-2H3. The summed E-state index contributed by atoms with van der Waals surface area (Å²) >= 11 is 0. The van der Waals surface area contributed by atoms with Gasteiger partial charge in [0.2, 0.25) is 0 Å². The molecule has 11 aromatic rings. The lowest BCUT2D eigenvalue weighted by Crippen LogP contribution is -2.14. The second-order valence-electron chi connectivity index (χ2n) is 18.0. The molecule has 0 saturated heterocycles. The second kappa shape index (κ2) is 14.4. The van der Waals surface area contributed by atoms with E-state index in [1.54, 1.807) is 0 Å². The van der Waals surface area contributed by atoms with Gasteiger partial charge in [0, 0.05) is 38.6 Å². The third-order valence-corrected chi connectivity index (χ3v) is 13.9. The highest BCUT2D eigenvalue weighted by atomic mass is 15.0. The van der Waals surface area contributed by atoms with E-state index in [-0.39, 0.29) is 5.41 Å². The monoisotopic (exact) mass is 830 g/mol. The smallest absolute Gasteiger partial charge is 0.164 e. The number of nitrogens with zero attached hydrogens (tertiary/aromatic N) is 4. The SMILES string of the molecule is CC1(C)c2ccccc2-c2cc3c4cc(-c5ccc6c(c5)-c5c(cccc5-c5ccccc5-c5nc(-c7ccccc7)nc(-c7ccccc7)n5)C6)ccc4n(-c4ccccc4)c3cc21. The number of hydrogen-bond donors (Lipinski definition) is 0. The molecule has 0 atom stereocenters. The van der Waals surface area contributed by atoms with Crippen LogP contribution in [0.1, 0.15) is 36.1 Å². The van der Waals surface area contributed by atoms with Crippen LogP contribution in [0.5, 0.6) is 0 Å². The first kappa shape index (κ1) is 37.4. The maximum absolute atomic E-state index is 5.16. The predicted octanol–water partition coefficient (Wildman–Crippen LogP) is 15.2. The van der Waals surface area contributed by atoms with Crippen molar-refractivity contribution in [2.24, 2.45) is 0 Å². The van der Waals surface area contributed by atoms with Crippen molar-refractivity contribution in [3.05, 3.63) is 229 Å². The van der Waals surface area contributed by atoms with E-state index < -0.39 is 0 Å². The van der Waals surface area contributed by atoms with Crippen molar-refractivity contribution >= 4 is 21.8 Å². The fourth-order valence-electron chi connectivity index (χ4n) is 10.7. The van der Waals surface area contributed by atoms with Crippen molar-refractivity contribution in [3.8, 4) is 84.4 Å². The van der Waals surface area contributed by atoms with Gasteiger partial charge in [0.25, 0.3) is 0 Å². The summed E-state index contributed by atoms with van der Waals surface area (Å²) in [6.45, 7) is 4.73. The summed E-state index contributed by atoms with van der Waals surface area (Å²) in [5, 5.41) is 2.52. The fraction of sp³-hybridized carbons (Fsp3) is 0.0656. The third-order valence-electron chi connectivity index (χ3n) is 13.9. The summed E-state index contributed by atoms with van der Waals surface area (Å²) in [6.07, 6.45) is 0.884. The highest BCUT2D eigenvalue weighted by Crippen LogP contribution is 2.52. The first-order chi connectivity index (χ1) is 32.0. The van der Waals surface area contributed by atoms with Crippen molar-refractivity contribution in [1.29, 1.82) is 0 Å². The molecular formula is C61H42N4. The molecule has 306 valence electrons. The molecule has 13 rings (SSSR count). The molecule has 0 spiro atoms. The van der Waals surface area contributed by atoms with Gasteiger partial charge in [-0.25, -0.2) is 15.0 Å². The van der Waals surface area contributed by atoms with Gasteiger partial charge in [-0.15, -0.1) is 0 Å². The van der Waals surface area contributed by atoms with E-state index in [1.165, 1.54) is 88.7 Å². The van der Waals surface area contributed by atoms with Crippen molar-refractivity contribution < 1.29 is 0 Å². The third kappa shape index (κ3) is 5.87. The van der Waals surface area contributed by atoms with E-state index in [1.807, 2.05) is 36.4 Å². The molecule has 0 amide bonds. The summed E-state index contributed by atoms with van der Waals surface area (Å²) < 4.78 is 2.45. The van der Waals surface area contributed by atoms with Crippen molar-refractivity contribution in [2.75, 3.05) is 0 Å². The number of fused-ring (bicyclic) bond motifs is 9. The molecule has 0 radical (unpaired) electrons. The van der Waals surface area contributed by atoms with Gasteiger partial charge in [-0.2, -0.15) is 0 Å². The number of benzene rings is 9. The highest BCUT2D eigenvalue weighted by molar-refractivity contribution is 6.13. The minimum absolute atomic E-state index is 0.0924. The maximum Gasteiger partial charge on any atom is 0.164 e. The van der Waals surface area contributed by atoms with Crippen molar-refractivity contribution in [3.63, 3.8) is 0 Å². The average molecular weight is 831 g/mol. The Labute approximate surface area is 378 Å². The first-order valence-electron chi connectivity index (χ1n) is 22.5. The van der Waals surface area contributed by atoms with Crippen molar-refractivity contribution in [2.45, 2.75) is 25.7 Å². The van der Waals surface area contributed by atoms with Crippen LogP contribution in [0.3, 0.4) is 0 Å². The Morgan fingerprint density at radius 3 is 1.69 bits per heavy atom. The van der Waals surface area contributed by atoms with E-state index in [2.05, 4.69) is 188 Å². The van der Waals surface area contributed by atoms with Crippen LogP contribution >= 0.6 is 0 Å². The molecule has 4 nitrogen and oxygen atoms in total. The van der Waals surface area contributed by atoms with Gasteiger partial charge in [0.1, 0.15) is 0 Å². The zero-order valence-electron chi connectivity index (χ0n) is 36.1.